The van der Waals surface area contributed by atoms with Gasteiger partial charge >= 0.3 is 18.4 Å². The van der Waals surface area contributed by atoms with Gasteiger partial charge in [-0.05, 0) is 43.2 Å². The van der Waals surface area contributed by atoms with Gasteiger partial charge in [-0.1, -0.05) is 6.07 Å². The molecule has 0 spiro atoms. The van der Waals surface area contributed by atoms with Gasteiger partial charge in [0.05, 0.1) is 33.4 Å². The number of aromatic amines is 1. The van der Waals surface area contributed by atoms with Crippen LogP contribution in [0.4, 0.5) is 36.8 Å². The van der Waals surface area contributed by atoms with Crippen molar-refractivity contribution in [3.8, 4) is 0 Å². The van der Waals surface area contributed by atoms with E-state index in [-0.39, 0.29) is 47.3 Å². The minimum Gasteiger partial charge on any atom is -0.465 e. The van der Waals surface area contributed by atoms with Crippen molar-refractivity contribution in [2.24, 2.45) is 0 Å². The van der Waals surface area contributed by atoms with E-state index >= 15 is 0 Å². The van der Waals surface area contributed by atoms with Crippen LogP contribution in [-0.2, 0) is 12.4 Å². The van der Waals surface area contributed by atoms with Gasteiger partial charge in [-0.25, -0.2) is 9.31 Å². The average molecular weight is 567 g/mol. The number of carbonyl (C=O) groups excluding carboxylic acids is 1. The van der Waals surface area contributed by atoms with Gasteiger partial charge in [-0.3, -0.25) is 9.59 Å². The number of piperidine rings is 1. The molecule has 1 saturated heterocycles. The molecule has 2 aromatic heterocycles. The molecule has 3 heterocycles. The summed E-state index contributed by atoms with van der Waals surface area (Å²) in [7, 11) is 0. The number of likely N-dealkylation sites (tertiary alicyclic amines) is 1. The zero-order valence-corrected chi connectivity index (χ0v) is 20.2. The Morgan fingerprint density at radius 1 is 0.975 bits per heavy atom. The monoisotopic (exact) mass is 567 g/mol. The number of alkyl halides is 6. The van der Waals surface area contributed by atoms with Crippen LogP contribution in [0.5, 0.6) is 0 Å². The molecular weight excluding hydrogens is 548 g/mol. The zero-order chi connectivity index (χ0) is 29.0. The third-order valence-corrected chi connectivity index (χ3v) is 6.75. The lowest BCUT2D eigenvalue weighted by atomic mass is 9.93. The quantitative estimate of drug-likeness (QED) is 0.290. The summed E-state index contributed by atoms with van der Waals surface area (Å²) in [6, 6.07) is 6.31. The maximum atomic E-state index is 13.3. The molecule has 1 aliphatic heterocycles. The molecule has 1 aliphatic rings. The van der Waals surface area contributed by atoms with Crippen LogP contribution < -0.4 is 10.9 Å². The van der Waals surface area contributed by atoms with Crippen LogP contribution in [0.25, 0.3) is 16.6 Å². The maximum absolute atomic E-state index is 13.3. The summed E-state index contributed by atoms with van der Waals surface area (Å²) in [5.74, 6) is -1.46. The van der Waals surface area contributed by atoms with Gasteiger partial charge in [0.15, 0.2) is 0 Å². The Labute approximate surface area is 220 Å². The summed E-state index contributed by atoms with van der Waals surface area (Å²) in [4.78, 5) is 40.7. The fourth-order valence-corrected chi connectivity index (χ4v) is 4.83. The Balaban J connectivity index is 1.56. The Morgan fingerprint density at radius 3 is 2.17 bits per heavy atom. The van der Waals surface area contributed by atoms with Gasteiger partial charge in [0.25, 0.3) is 11.5 Å². The van der Waals surface area contributed by atoms with Crippen LogP contribution in [0.2, 0.25) is 0 Å². The standard InChI is InChI=1S/C25H19F6N5O4/c26-24(27,28)14-8-13(9-15(10-14)25(29,30)31)22(38)32-16-2-1-3-17-20(16)21-33-19(37)11-18(36(21)34-17)12-4-6-35(7-5-12)23(39)40/h1-3,8-12H,4-7H2,(H,32,38)(H,33,37)(H,39,40). The lowest BCUT2D eigenvalue weighted by Gasteiger charge is -2.30. The van der Waals surface area contributed by atoms with E-state index in [0.29, 0.717) is 30.7 Å². The van der Waals surface area contributed by atoms with Crippen molar-refractivity contribution in [2.45, 2.75) is 31.1 Å². The number of carbonyl (C=O) groups is 2. The molecule has 3 N–H and O–H groups in total. The first-order chi connectivity index (χ1) is 18.7. The maximum Gasteiger partial charge on any atom is 0.416 e. The van der Waals surface area contributed by atoms with Gasteiger partial charge < -0.3 is 20.3 Å². The molecule has 0 aliphatic carbocycles. The predicted octanol–water partition coefficient (Wildman–Crippen LogP) is 5.32. The summed E-state index contributed by atoms with van der Waals surface area (Å²) in [5.41, 5.74) is -3.73. The summed E-state index contributed by atoms with van der Waals surface area (Å²) in [5, 5.41) is 16.3. The first-order valence-electron chi connectivity index (χ1n) is 11.9. The molecule has 2 amide bonds. The average Bonchev–Trinajstić information content (AvgIpc) is 3.26. The molecule has 2 aromatic carbocycles. The highest BCUT2D eigenvalue weighted by Crippen LogP contribution is 2.37. The van der Waals surface area contributed by atoms with E-state index in [0.717, 1.165) is 0 Å². The van der Waals surface area contributed by atoms with Crippen molar-refractivity contribution in [3.05, 3.63) is 75.2 Å². The normalized spacial score (nSPS) is 15.1. The fourth-order valence-electron chi connectivity index (χ4n) is 4.83. The molecular formula is C25H19F6N5O4. The second-order valence-electron chi connectivity index (χ2n) is 9.31. The second kappa shape index (κ2) is 9.57. The van der Waals surface area contributed by atoms with Gasteiger partial charge in [0, 0.05) is 30.6 Å². The van der Waals surface area contributed by atoms with Gasteiger partial charge in [0.1, 0.15) is 5.65 Å². The number of fused-ring (bicyclic) bond motifs is 3. The zero-order valence-electron chi connectivity index (χ0n) is 20.2. The van der Waals surface area contributed by atoms with Crippen LogP contribution in [0.15, 0.2) is 47.3 Å². The van der Waals surface area contributed by atoms with Crippen LogP contribution >= 0.6 is 0 Å². The SMILES string of the molecule is O=C(Nc1cccc2nn3c(C4CCN(C(=O)O)CC4)cc(=O)[nH]c3c12)c1cc(C(F)(F)F)cc(C(F)(F)F)c1. The minimum absolute atomic E-state index is 0.00281. The molecule has 4 aromatic rings. The van der Waals surface area contributed by atoms with Crippen molar-refractivity contribution >= 4 is 34.2 Å². The van der Waals surface area contributed by atoms with E-state index in [4.69, 9.17) is 0 Å². The third kappa shape index (κ3) is 5.05. The molecule has 40 heavy (non-hydrogen) atoms. The molecule has 0 saturated carbocycles. The largest absolute Gasteiger partial charge is 0.465 e. The number of anilines is 1. The number of nitrogens with one attached hydrogen (secondary N) is 2. The van der Waals surface area contributed by atoms with E-state index in [9.17, 15) is 45.8 Å². The van der Waals surface area contributed by atoms with Gasteiger partial charge in [-0.2, -0.15) is 31.4 Å². The first kappa shape index (κ1) is 27.0. The number of H-pyrrole nitrogens is 1. The molecule has 0 atom stereocenters. The number of nitrogens with zero attached hydrogens (tertiary/aromatic N) is 3. The highest BCUT2D eigenvalue weighted by atomic mass is 19.4. The van der Waals surface area contributed by atoms with Gasteiger partial charge in [0.2, 0.25) is 0 Å². The Hall–Kier alpha value is -4.56. The number of rotatable bonds is 3. The first-order valence-corrected chi connectivity index (χ1v) is 11.9. The highest BCUT2D eigenvalue weighted by molar-refractivity contribution is 6.12. The molecule has 0 radical (unpaired) electrons. The lowest BCUT2D eigenvalue weighted by molar-refractivity contribution is -0.143. The van der Waals surface area contributed by atoms with E-state index in [1.165, 1.54) is 27.6 Å². The number of halogens is 6. The predicted molar refractivity (Wildman–Crippen MR) is 129 cm³/mol. The Bertz CT molecular complexity index is 1670. The van der Waals surface area contributed by atoms with Crippen molar-refractivity contribution < 1.29 is 41.0 Å². The molecule has 210 valence electrons. The summed E-state index contributed by atoms with van der Waals surface area (Å²) < 4.78 is 81.1. The third-order valence-electron chi connectivity index (χ3n) is 6.75. The lowest BCUT2D eigenvalue weighted by Crippen LogP contribution is -2.37. The molecule has 9 nitrogen and oxygen atoms in total. The van der Waals surface area contributed by atoms with Crippen LogP contribution in [-0.4, -0.2) is 49.7 Å². The number of carboxylic acid groups (broad SMARTS) is 1. The van der Waals surface area contributed by atoms with Crippen LogP contribution in [0.3, 0.4) is 0 Å². The van der Waals surface area contributed by atoms with Crippen LogP contribution in [0, 0.1) is 0 Å². The summed E-state index contributed by atoms with van der Waals surface area (Å²) in [6.45, 7) is 0.487. The Kier molecular flexibility index (Phi) is 6.46. The van der Waals surface area contributed by atoms with Crippen molar-refractivity contribution in [1.29, 1.82) is 0 Å². The Morgan fingerprint density at radius 2 is 1.60 bits per heavy atom. The minimum atomic E-state index is -5.13. The number of hydrogen-bond donors (Lipinski definition) is 3. The molecule has 15 heteroatoms. The number of aromatic nitrogens is 3. The highest BCUT2D eigenvalue weighted by Gasteiger charge is 2.37. The fraction of sp³-hybridized carbons (Fsp3) is 0.280. The van der Waals surface area contributed by atoms with Crippen molar-refractivity contribution in [1.82, 2.24) is 19.5 Å². The number of amides is 2. The van der Waals surface area contributed by atoms with Crippen molar-refractivity contribution in [2.75, 3.05) is 18.4 Å². The topological polar surface area (TPSA) is 120 Å². The van der Waals surface area contributed by atoms with Crippen molar-refractivity contribution in [3.63, 3.8) is 0 Å². The molecule has 5 rings (SSSR count). The molecule has 0 bridgehead atoms. The van der Waals surface area contributed by atoms with E-state index in [1.54, 1.807) is 6.07 Å². The molecule has 1 fully saturated rings. The van der Waals surface area contributed by atoms with Gasteiger partial charge in [-0.15, -0.1) is 0 Å². The van der Waals surface area contributed by atoms with E-state index in [2.05, 4.69) is 15.4 Å². The number of hydrogen-bond acceptors (Lipinski definition) is 4. The second-order valence-corrected chi connectivity index (χ2v) is 9.31. The number of benzene rings is 2. The summed E-state index contributed by atoms with van der Waals surface area (Å²) in [6.07, 6.45) is -10.5. The van der Waals surface area contributed by atoms with E-state index < -0.39 is 46.6 Å². The van der Waals surface area contributed by atoms with E-state index in [1.807, 2.05) is 0 Å². The smallest absolute Gasteiger partial charge is 0.416 e. The molecule has 0 unspecified atom stereocenters. The summed E-state index contributed by atoms with van der Waals surface area (Å²) >= 11 is 0. The van der Waals surface area contributed by atoms with Crippen LogP contribution in [0.1, 0.15) is 45.9 Å².